The zero-order chi connectivity index (χ0) is 18.4. The molecule has 0 unspecified atom stereocenters. The fourth-order valence-electron chi connectivity index (χ4n) is 2.16. The summed E-state index contributed by atoms with van der Waals surface area (Å²) in [6.07, 6.45) is -4.71. The number of alkyl halides is 3. The van der Waals surface area contributed by atoms with E-state index in [4.69, 9.17) is 11.6 Å². The van der Waals surface area contributed by atoms with Crippen molar-refractivity contribution in [2.45, 2.75) is 12.9 Å². The van der Waals surface area contributed by atoms with Gasteiger partial charge in [0.25, 0.3) is 0 Å². The molecule has 2 rings (SSSR count). The maximum absolute atomic E-state index is 12.1. The molecule has 2 aromatic rings. The van der Waals surface area contributed by atoms with E-state index in [1.54, 1.807) is 36.2 Å². The van der Waals surface area contributed by atoms with Crippen LogP contribution < -0.4 is 10.1 Å². The fourth-order valence-corrected chi connectivity index (χ4v) is 2.34. The van der Waals surface area contributed by atoms with Gasteiger partial charge in [-0.15, -0.1) is 13.2 Å². The lowest BCUT2D eigenvalue weighted by Gasteiger charge is -2.17. The molecule has 0 aliphatic rings. The molecule has 8 heteroatoms. The molecule has 0 atom stereocenters. The van der Waals surface area contributed by atoms with Gasteiger partial charge in [-0.05, 0) is 36.9 Å². The second-order valence-corrected chi connectivity index (χ2v) is 5.80. The summed E-state index contributed by atoms with van der Waals surface area (Å²) in [7, 11) is 1.73. The first-order chi connectivity index (χ1) is 11.7. The molecule has 25 heavy (non-hydrogen) atoms. The number of rotatable bonds is 6. The van der Waals surface area contributed by atoms with Crippen molar-refractivity contribution in [2.75, 3.05) is 18.9 Å². The molecule has 0 heterocycles. The lowest BCUT2D eigenvalue weighted by molar-refractivity contribution is -0.274. The topological polar surface area (TPSA) is 41.6 Å². The highest BCUT2D eigenvalue weighted by Crippen LogP contribution is 2.23. The molecule has 0 aliphatic heterocycles. The van der Waals surface area contributed by atoms with Gasteiger partial charge in [-0.25, -0.2) is 0 Å². The number of hydrogen-bond acceptors (Lipinski definition) is 3. The van der Waals surface area contributed by atoms with Crippen LogP contribution in [-0.4, -0.2) is 30.8 Å². The van der Waals surface area contributed by atoms with E-state index in [9.17, 15) is 18.0 Å². The number of anilines is 1. The predicted octanol–water partition coefficient (Wildman–Crippen LogP) is 4.31. The minimum Gasteiger partial charge on any atom is -0.406 e. The molecule has 0 saturated heterocycles. The van der Waals surface area contributed by atoms with Crippen LogP contribution in [0.4, 0.5) is 18.9 Å². The van der Waals surface area contributed by atoms with Crippen molar-refractivity contribution in [2.24, 2.45) is 0 Å². The Labute approximate surface area is 148 Å². The summed E-state index contributed by atoms with van der Waals surface area (Å²) in [6, 6.07) is 12.4. The summed E-state index contributed by atoms with van der Waals surface area (Å²) in [5.41, 5.74) is 1.28. The minimum absolute atomic E-state index is 0.103. The summed E-state index contributed by atoms with van der Waals surface area (Å²) in [5, 5.41) is 3.15. The molecule has 2 aromatic carbocycles. The van der Waals surface area contributed by atoms with Gasteiger partial charge in [-0.2, -0.15) is 0 Å². The van der Waals surface area contributed by atoms with E-state index in [0.717, 1.165) is 5.56 Å². The van der Waals surface area contributed by atoms with Gasteiger partial charge in [0.1, 0.15) is 5.75 Å². The van der Waals surface area contributed by atoms with Crippen LogP contribution in [0.1, 0.15) is 5.56 Å². The van der Waals surface area contributed by atoms with E-state index in [-0.39, 0.29) is 18.2 Å². The van der Waals surface area contributed by atoms with E-state index in [2.05, 4.69) is 10.1 Å². The number of benzene rings is 2. The lowest BCUT2D eigenvalue weighted by Crippen LogP contribution is -2.29. The number of carbonyl (C=O) groups is 1. The minimum atomic E-state index is -4.71. The zero-order valence-corrected chi connectivity index (χ0v) is 14.1. The zero-order valence-electron chi connectivity index (χ0n) is 13.3. The van der Waals surface area contributed by atoms with Crippen LogP contribution in [0.3, 0.4) is 0 Å². The third-order valence-electron chi connectivity index (χ3n) is 3.17. The summed E-state index contributed by atoms with van der Waals surface area (Å²) in [4.78, 5) is 13.7. The standard InChI is InChI=1S/C17H16ClF3N2O2/c1-23(11-16(24)22-15-5-3-2-4-14(15)18)10-12-6-8-13(9-7-12)25-17(19,20)21/h2-9H,10-11H2,1H3,(H,22,24). The maximum atomic E-state index is 12.1. The van der Waals surface area contributed by atoms with Crippen LogP contribution in [0, 0.1) is 0 Å². The van der Waals surface area contributed by atoms with Crippen molar-refractivity contribution in [1.82, 2.24) is 4.90 Å². The number of amides is 1. The normalized spacial score (nSPS) is 11.4. The number of nitrogens with zero attached hydrogens (tertiary/aromatic N) is 1. The van der Waals surface area contributed by atoms with Crippen molar-refractivity contribution >= 4 is 23.2 Å². The Kier molecular flexibility index (Phi) is 6.27. The van der Waals surface area contributed by atoms with Crippen molar-refractivity contribution in [1.29, 1.82) is 0 Å². The van der Waals surface area contributed by atoms with Crippen molar-refractivity contribution in [3.05, 3.63) is 59.1 Å². The number of ether oxygens (including phenoxy) is 1. The highest BCUT2D eigenvalue weighted by atomic mass is 35.5. The first kappa shape index (κ1) is 19.1. The Hall–Kier alpha value is -2.25. The quantitative estimate of drug-likeness (QED) is 0.821. The smallest absolute Gasteiger partial charge is 0.406 e. The van der Waals surface area contributed by atoms with E-state index < -0.39 is 6.36 Å². The average Bonchev–Trinajstić information content (AvgIpc) is 2.50. The lowest BCUT2D eigenvalue weighted by atomic mass is 10.2. The molecule has 1 amide bonds. The summed E-state index contributed by atoms with van der Waals surface area (Å²) in [5.74, 6) is -0.525. The fraction of sp³-hybridized carbons (Fsp3) is 0.235. The highest BCUT2D eigenvalue weighted by Gasteiger charge is 2.30. The predicted molar refractivity (Wildman–Crippen MR) is 89.5 cm³/mol. The largest absolute Gasteiger partial charge is 0.573 e. The van der Waals surface area contributed by atoms with Gasteiger partial charge in [-0.1, -0.05) is 35.9 Å². The molecule has 134 valence electrons. The average molecular weight is 373 g/mol. The summed E-state index contributed by atoms with van der Waals surface area (Å²) in [6.45, 7) is 0.494. The molecule has 0 saturated carbocycles. The van der Waals surface area contributed by atoms with Crippen LogP contribution in [0.5, 0.6) is 5.75 Å². The summed E-state index contributed by atoms with van der Waals surface area (Å²) < 4.78 is 40.2. The van der Waals surface area contributed by atoms with Crippen LogP contribution in [0.25, 0.3) is 0 Å². The Morgan fingerprint density at radius 2 is 1.80 bits per heavy atom. The van der Waals surface area contributed by atoms with Gasteiger partial charge in [-0.3, -0.25) is 9.69 Å². The molecule has 0 radical (unpaired) electrons. The second-order valence-electron chi connectivity index (χ2n) is 5.39. The first-order valence-corrected chi connectivity index (χ1v) is 7.68. The maximum Gasteiger partial charge on any atom is 0.573 e. The van der Waals surface area contributed by atoms with Gasteiger partial charge in [0.2, 0.25) is 5.91 Å². The highest BCUT2D eigenvalue weighted by molar-refractivity contribution is 6.33. The SMILES string of the molecule is CN(CC(=O)Nc1ccccc1Cl)Cc1ccc(OC(F)(F)F)cc1. The molecule has 1 N–H and O–H groups in total. The van der Waals surface area contributed by atoms with Gasteiger partial charge in [0.15, 0.2) is 0 Å². The third-order valence-corrected chi connectivity index (χ3v) is 3.50. The number of likely N-dealkylation sites (N-methyl/N-ethyl adjacent to an activating group) is 1. The third kappa shape index (κ3) is 6.64. The molecule has 0 spiro atoms. The van der Waals surface area contributed by atoms with E-state index >= 15 is 0 Å². The number of carbonyl (C=O) groups excluding carboxylic acids is 1. The number of para-hydroxylation sites is 1. The van der Waals surface area contributed by atoms with Crippen LogP contribution >= 0.6 is 11.6 Å². The van der Waals surface area contributed by atoms with Gasteiger partial charge in [0.05, 0.1) is 17.3 Å². The van der Waals surface area contributed by atoms with Gasteiger partial charge < -0.3 is 10.1 Å². The molecule has 0 aliphatic carbocycles. The molecule has 0 aromatic heterocycles. The van der Waals surface area contributed by atoms with Crippen molar-refractivity contribution in [3.63, 3.8) is 0 Å². The van der Waals surface area contributed by atoms with Crippen molar-refractivity contribution < 1.29 is 22.7 Å². The van der Waals surface area contributed by atoms with Crippen LogP contribution in [0.15, 0.2) is 48.5 Å². The van der Waals surface area contributed by atoms with E-state index in [1.165, 1.54) is 24.3 Å². The van der Waals surface area contributed by atoms with Crippen LogP contribution in [0.2, 0.25) is 5.02 Å². The van der Waals surface area contributed by atoms with Crippen molar-refractivity contribution in [3.8, 4) is 5.75 Å². The first-order valence-electron chi connectivity index (χ1n) is 7.30. The molecule has 0 fully saturated rings. The monoisotopic (exact) mass is 372 g/mol. The Morgan fingerprint density at radius 1 is 1.16 bits per heavy atom. The number of halogens is 4. The molecule has 4 nitrogen and oxygen atoms in total. The van der Waals surface area contributed by atoms with Gasteiger partial charge >= 0.3 is 6.36 Å². The van der Waals surface area contributed by atoms with Crippen LogP contribution in [-0.2, 0) is 11.3 Å². The summed E-state index contributed by atoms with van der Waals surface area (Å²) >= 11 is 5.97. The molecule has 0 bridgehead atoms. The van der Waals surface area contributed by atoms with Gasteiger partial charge in [0, 0.05) is 6.54 Å². The number of nitrogens with one attached hydrogen (secondary N) is 1. The molecular formula is C17H16ClF3N2O2. The molecular weight excluding hydrogens is 357 g/mol. The number of hydrogen-bond donors (Lipinski definition) is 1. The Balaban J connectivity index is 1.86. The van der Waals surface area contributed by atoms with E-state index in [0.29, 0.717) is 17.3 Å². The second kappa shape index (κ2) is 8.22. The van der Waals surface area contributed by atoms with E-state index in [1.807, 2.05) is 0 Å². The Morgan fingerprint density at radius 3 is 2.40 bits per heavy atom. The Bertz CT molecular complexity index is 721.